The molecule has 1 spiro atoms. The second-order valence-electron chi connectivity index (χ2n) is 5.93. The zero-order valence-corrected chi connectivity index (χ0v) is 12.0. The Morgan fingerprint density at radius 3 is 2.19 bits per heavy atom. The van der Waals surface area contributed by atoms with Crippen molar-refractivity contribution in [2.24, 2.45) is 11.8 Å². The van der Waals surface area contributed by atoms with Gasteiger partial charge < -0.3 is 19.5 Å². The maximum absolute atomic E-state index is 12.6. The number of amides is 1. The summed E-state index contributed by atoms with van der Waals surface area (Å²) in [7, 11) is 0. The molecular weight excluding hydrogens is 274 g/mol. The van der Waals surface area contributed by atoms with Gasteiger partial charge in [-0.1, -0.05) is 12.2 Å². The number of likely N-dealkylation sites (tertiary alicyclic amines) is 1. The van der Waals surface area contributed by atoms with E-state index >= 15 is 0 Å². The predicted molar refractivity (Wildman–Crippen MR) is 73.4 cm³/mol. The van der Waals surface area contributed by atoms with Crippen LogP contribution < -0.4 is 0 Å². The number of allylic oxidation sites excluding steroid dienone is 2. The van der Waals surface area contributed by atoms with Crippen molar-refractivity contribution in [1.82, 2.24) is 4.90 Å². The summed E-state index contributed by atoms with van der Waals surface area (Å²) >= 11 is 0. The second-order valence-corrected chi connectivity index (χ2v) is 5.93. The van der Waals surface area contributed by atoms with Crippen molar-refractivity contribution in [2.75, 3.05) is 26.3 Å². The molecule has 2 aliphatic heterocycles. The third-order valence-electron chi connectivity index (χ3n) is 4.72. The van der Waals surface area contributed by atoms with Gasteiger partial charge in [0.05, 0.1) is 25.0 Å². The highest BCUT2D eigenvalue weighted by Crippen LogP contribution is 2.34. The Morgan fingerprint density at radius 1 is 1.05 bits per heavy atom. The van der Waals surface area contributed by atoms with Crippen LogP contribution in [0.1, 0.15) is 25.7 Å². The van der Waals surface area contributed by atoms with Gasteiger partial charge in [0.25, 0.3) is 0 Å². The summed E-state index contributed by atoms with van der Waals surface area (Å²) < 4.78 is 11.3. The number of rotatable bonds is 2. The van der Waals surface area contributed by atoms with Gasteiger partial charge in [0.2, 0.25) is 5.91 Å². The molecule has 0 radical (unpaired) electrons. The van der Waals surface area contributed by atoms with Crippen molar-refractivity contribution in [1.29, 1.82) is 0 Å². The molecule has 2 atom stereocenters. The van der Waals surface area contributed by atoms with Gasteiger partial charge in [0, 0.05) is 25.9 Å². The molecule has 0 aromatic carbocycles. The predicted octanol–water partition coefficient (Wildman–Crippen LogP) is 1.02. The topological polar surface area (TPSA) is 76.1 Å². The SMILES string of the molecule is O=C(O)[C@@H]1CC=CC[C@H]1C(=O)N1CCC2(CC1)OCCO2. The van der Waals surface area contributed by atoms with Gasteiger partial charge in [-0.15, -0.1) is 0 Å². The van der Waals surface area contributed by atoms with Crippen LogP contribution in [0.15, 0.2) is 12.2 Å². The zero-order chi connectivity index (χ0) is 14.9. The van der Waals surface area contributed by atoms with Gasteiger partial charge in [-0.05, 0) is 12.8 Å². The molecular formula is C15H21NO5. The summed E-state index contributed by atoms with van der Waals surface area (Å²) in [5.41, 5.74) is 0. The number of ether oxygens (including phenoxy) is 2. The molecule has 0 saturated carbocycles. The van der Waals surface area contributed by atoms with E-state index in [1.54, 1.807) is 4.90 Å². The molecule has 3 aliphatic rings. The van der Waals surface area contributed by atoms with E-state index in [1.165, 1.54) is 0 Å². The molecule has 1 N–H and O–H groups in total. The van der Waals surface area contributed by atoms with Gasteiger partial charge >= 0.3 is 5.97 Å². The maximum Gasteiger partial charge on any atom is 0.307 e. The summed E-state index contributed by atoms with van der Waals surface area (Å²) in [6.07, 6.45) is 6.06. The van der Waals surface area contributed by atoms with E-state index in [0.29, 0.717) is 52.0 Å². The van der Waals surface area contributed by atoms with Crippen molar-refractivity contribution in [3.63, 3.8) is 0 Å². The number of hydrogen-bond donors (Lipinski definition) is 1. The molecule has 6 nitrogen and oxygen atoms in total. The van der Waals surface area contributed by atoms with E-state index in [0.717, 1.165) is 0 Å². The van der Waals surface area contributed by atoms with Crippen LogP contribution in [0.25, 0.3) is 0 Å². The van der Waals surface area contributed by atoms with Crippen molar-refractivity contribution < 1.29 is 24.2 Å². The number of carbonyl (C=O) groups excluding carboxylic acids is 1. The van der Waals surface area contributed by atoms with Crippen LogP contribution in [0.2, 0.25) is 0 Å². The zero-order valence-electron chi connectivity index (χ0n) is 12.0. The fourth-order valence-electron chi connectivity index (χ4n) is 3.45. The van der Waals surface area contributed by atoms with Crippen molar-refractivity contribution in [3.8, 4) is 0 Å². The third kappa shape index (κ3) is 2.82. The number of hydrogen-bond acceptors (Lipinski definition) is 4. The molecule has 0 aromatic rings. The lowest BCUT2D eigenvalue weighted by Gasteiger charge is -2.39. The summed E-state index contributed by atoms with van der Waals surface area (Å²) in [4.78, 5) is 25.7. The van der Waals surface area contributed by atoms with Crippen LogP contribution in [-0.2, 0) is 19.1 Å². The minimum absolute atomic E-state index is 0.0420. The van der Waals surface area contributed by atoms with Gasteiger partial charge in [0.15, 0.2) is 5.79 Å². The van der Waals surface area contributed by atoms with E-state index in [4.69, 9.17) is 9.47 Å². The Kier molecular flexibility index (Phi) is 3.99. The van der Waals surface area contributed by atoms with Crippen LogP contribution in [0.4, 0.5) is 0 Å². The minimum atomic E-state index is -0.881. The molecule has 21 heavy (non-hydrogen) atoms. The van der Waals surface area contributed by atoms with Gasteiger partial charge in [-0.3, -0.25) is 9.59 Å². The smallest absolute Gasteiger partial charge is 0.307 e. The lowest BCUT2D eigenvalue weighted by molar-refractivity contribution is -0.189. The van der Waals surface area contributed by atoms with Gasteiger partial charge in [0.1, 0.15) is 0 Å². The van der Waals surface area contributed by atoms with Gasteiger partial charge in [-0.25, -0.2) is 0 Å². The van der Waals surface area contributed by atoms with E-state index in [2.05, 4.69) is 0 Å². The van der Waals surface area contributed by atoms with Crippen LogP contribution >= 0.6 is 0 Å². The van der Waals surface area contributed by atoms with Crippen molar-refractivity contribution in [3.05, 3.63) is 12.2 Å². The lowest BCUT2D eigenvalue weighted by Crippen LogP contribution is -2.50. The maximum atomic E-state index is 12.6. The van der Waals surface area contributed by atoms with E-state index in [-0.39, 0.29) is 5.91 Å². The summed E-state index contributed by atoms with van der Waals surface area (Å²) in [6.45, 7) is 2.38. The van der Waals surface area contributed by atoms with Crippen molar-refractivity contribution >= 4 is 11.9 Å². The lowest BCUT2D eigenvalue weighted by atomic mass is 9.81. The first-order valence-corrected chi connectivity index (χ1v) is 7.56. The number of carboxylic acid groups (broad SMARTS) is 1. The minimum Gasteiger partial charge on any atom is -0.481 e. The average Bonchev–Trinajstić information content (AvgIpc) is 2.95. The fourth-order valence-corrected chi connectivity index (χ4v) is 3.45. The molecule has 0 bridgehead atoms. The Balaban J connectivity index is 1.63. The first-order valence-electron chi connectivity index (χ1n) is 7.56. The molecule has 3 rings (SSSR count). The largest absolute Gasteiger partial charge is 0.481 e. The normalized spacial score (nSPS) is 31.5. The Labute approximate surface area is 123 Å². The molecule has 0 aromatic heterocycles. The number of carboxylic acids is 1. The highest BCUT2D eigenvalue weighted by molar-refractivity contribution is 5.85. The monoisotopic (exact) mass is 295 g/mol. The molecule has 116 valence electrons. The first kappa shape index (κ1) is 14.5. The summed E-state index contributed by atoms with van der Waals surface area (Å²) in [5, 5.41) is 9.28. The summed E-state index contributed by atoms with van der Waals surface area (Å²) in [6, 6.07) is 0. The highest BCUT2D eigenvalue weighted by Gasteiger charge is 2.43. The van der Waals surface area contributed by atoms with Crippen molar-refractivity contribution in [2.45, 2.75) is 31.5 Å². The van der Waals surface area contributed by atoms with Crippen LogP contribution in [0.5, 0.6) is 0 Å². The molecule has 1 amide bonds. The van der Waals surface area contributed by atoms with E-state index in [1.807, 2.05) is 12.2 Å². The molecule has 6 heteroatoms. The van der Waals surface area contributed by atoms with Gasteiger partial charge in [-0.2, -0.15) is 0 Å². The Bertz CT molecular complexity index is 445. The highest BCUT2D eigenvalue weighted by atomic mass is 16.7. The first-order chi connectivity index (χ1) is 10.1. The number of nitrogens with zero attached hydrogens (tertiary/aromatic N) is 1. The molecule has 2 saturated heterocycles. The molecule has 1 aliphatic carbocycles. The van der Waals surface area contributed by atoms with E-state index < -0.39 is 23.6 Å². The molecule has 2 fully saturated rings. The number of carbonyl (C=O) groups is 2. The quantitative estimate of drug-likeness (QED) is 0.770. The molecule has 0 unspecified atom stereocenters. The fraction of sp³-hybridized carbons (Fsp3) is 0.733. The second kappa shape index (κ2) is 5.77. The van der Waals surface area contributed by atoms with E-state index in [9.17, 15) is 14.7 Å². The Hall–Kier alpha value is -1.40. The molecule has 2 heterocycles. The van der Waals surface area contributed by atoms with Crippen LogP contribution in [0, 0.1) is 11.8 Å². The standard InChI is InChI=1S/C15H21NO5/c17-13(11-3-1-2-4-12(11)14(18)19)16-7-5-15(6-8-16)20-9-10-21-15/h1-2,11-12H,3-10H2,(H,18,19)/t11-,12-/m1/s1. The number of piperidine rings is 1. The third-order valence-corrected chi connectivity index (χ3v) is 4.72. The average molecular weight is 295 g/mol. The van der Waals surface area contributed by atoms with Crippen LogP contribution in [0.3, 0.4) is 0 Å². The Morgan fingerprint density at radius 2 is 1.62 bits per heavy atom. The number of aliphatic carboxylic acids is 1. The summed E-state index contributed by atoms with van der Waals surface area (Å²) in [5.74, 6) is -2.47. The van der Waals surface area contributed by atoms with Crippen LogP contribution in [-0.4, -0.2) is 54.0 Å².